The van der Waals surface area contributed by atoms with Gasteiger partial charge >= 0.3 is 0 Å². The number of benzene rings is 1. The van der Waals surface area contributed by atoms with Crippen LogP contribution in [0.2, 0.25) is 5.28 Å². The first kappa shape index (κ1) is 11.8. The van der Waals surface area contributed by atoms with Gasteiger partial charge in [-0.2, -0.15) is 15.0 Å². The van der Waals surface area contributed by atoms with E-state index < -0.39 is 0 Å². The Balaban J connectivity index is 2.32. The smallest absolute Gasteiger partial charge is 0.227 e. The van der Waals surface area contributed by atoms with Crippen molar-refractivity contribution in [2.45, 2.75) is 13.3 Å². The highest BCUT2D eigenvalue weighted by Gasteiger charge is 2.06. The van der Waals surface area contributed by atoms with Crippen molar-refractivity contribution in [1.82, 2.24) is 15.0 Å². The quantitative estimate of drug-likeness (QED) is 0.904. The van der Waals surface area contributed by atoms with Crippen molar-refractivity contribution in [2.75, 3.05) is 11.9 Å². The van der Waals surface area contributed by atoms with Gasteiger partial charge in [0.2, 0.25) is 11.2 Å². The van der Waals surface area contributed by atoms with E-state index in [0.717, 1.165) is 18.5 Å². The number of rotatable bonds is 4. The summed E-state index contributed by atoms with van der Waals surface area (Å²) >= 11 is 5.88. The van der Waals surface area contributed by atoms with E-state index in [1.165, 1.54) is 0 Å². The minimum Gasteiger partial charge on any atom is -0.354 e. The average Bonchev–Trinajstić information content (AvgIpc) is 2.37. The molecule has 88 valence electrons. The fourth-order valence-electron chi connectivity index (χ4n) is 1.38. The Bertz CT molecular complexity index is 487. The van der Waals surface area contributed by atoms with E-state index in [9.17, 15) is 0 Å². The predicted molar refractivity (Wildman–Crippen MR) is 69.1 cm³/mol. The Morgan fingerprint density at radius 1 is 1.12 bits per heavy atom. The van der Waals surface area contributed by atoms with Crippen molar-refractivity contribution in [2.24, 2.45) is 0 Å². The number of nitrogens with zero attached hydrogens (tertiary/aromatic N) is 3. The molecule has 0 aliphatic heterocycles. The van der Waals surface area contributed by atoms with Crippen LogP contribution in [0.15, 0.2) is 30.3 Å². The van der Waals surface area contributed by atoms with Crippen molar-refractivity contribution < 1.29 is 0 Å². The second-order valence-corrected chi connectivity index (χ2v) is 3.88. The van der Waals surface area contributed by atoms with E-state index in [0.29, 0.717) is 11.8 Å². The van der Waals surface area contributed by atoms with Crippen LogP contribution in [-0.2, 0) is 0 Å². The number of halogens is 1. The molecule has 0 amide bonds. The molecule has 1 aromatic heterocycles. The van der Waals surface area contributed by atoms with Gasteiger partial charge in [0.15, 0.2) is 5.82 Å². The predicted octanol–water partition coefficient (Wildman–Crippen LogP) is 3.01. The summed E-state index contributed by atoms with van der Waals surface area (Å²) in [5.41, 5.74) is 0.927. The lowest BCUT2D eigenvalue weighted by atomic mass is 10.2. The molecule has 0 fully saturated rings. The molecule has 0 aliphatic rings. The molecular weight excluding hydrogens is 236 g/mol. The Morgan fingerprint density at radius 2 is 1.88 bits per heavy atom. The van der Waals surface area contributed by atoms with Gasteiger partial charge in [0, 0.05) is 12.1 Å². The van der Waals surface area contributed by atoms with Gasteiger partial charge in [-0.1, -0.05) is 37.3 Å². The van der Waals surface area contributed by atoms with Crippen LogP contribution in [-0.4, -0.2) is 21.5 Å². The summed E-state index contributed by atoms with van der Waals surface area (Å²) in [4.78, 5) is 12.5. The number of aromatic nitrogens is 3. The van der Waals surface area contributed by atoms with E-state index in [1.807, 2.05) is 30.3 Å². The molecule has 1 aromatic carbocycles. The largest absolute Gasteiger partial charge is 0.354 e. The minimum atomic E-state index is 0.206. The highest BCUT2D eigenvalue weighted by molar-refractivity contribution is 6.28. The third kappa shape index (κ3) is 3.14. The van der Waals surface area contributed by atoms with Crippen molar-refractivity contribution in [1.29, 1.82) is 0 Å². The maximum atomic E-state index is 5.88. The fourth-order valence-corrected chi connectivity index (χ4v) is 1.54. The molecule has 0 unspecified atom stereocenters. The van der Waals surface area contributed by atoms with Crippen LogP contribution >= 0.6 is 11.6 Å². The molecule has 2 rings (SSSR count). The summed E-state index contributed by atoms with van der Waals surface area (Å²) in [6, 6.07) is 9.70. The van der Waals surface area contributed by atoms with Gasteiger partial charge in [0.05, 0.1) is 0 Å². The van der Waals surface area contributed by atoms with Crippen LogP contribution in [0.5, 0.6) is 0 Å². The molecular formula is C12H13ClN4. The second kappa shape index (κ2) is 5.59. The highest BCUT2D eigenvalue weighted by Crippen LogP contribution is 2.17. The van der Waals surface area contributed by atoms with Crippen molar-refractivity contribution in [3.8, 4) is 11.4 Å². The Kier molecular flexibility index (Phi) is 3.88. The molecule has 0 atom stereocenters. The van der Waals surface area contributed by atoms with Crippen molar-refractivity contribution in [3.05, 3.63) is 35.6 Å². The molecule has 4 nitrogen and oxygen atoms in total. The van der Waals surface area contributed by atoms with Crippen LogP contribution in [0.3, 0.4) is 0 Å². The Labute approximate surface area is 105 Å². The maximum absolute atomic E-state index is 5.88. The highest BCUT2D eigenvalue weighted by atomic mass is 35.5. The van der Waals surface area contributed by atoms with Gasteiger partial charge in [-0.15, -0.1) is 0 Å². The zero-order chi connectivity index (χ0) is 12.1. The zero-order valence-corrected chi connectivity index (χ0v) is 10.3. The fraction of sp³-hybridized carbons (Fsp3) is 0.250. The summed E-state index contributed by atoms with van der Waals surface area (Å²) in [6.07, 6.45) is 1.00. The minimum absolute atomic E-state index is 0.206. The summed E-state index contributed by atoms with van der Waals surface area (Å²) < 4.78 is 0. The molecule has 1 heterocycles. The normalized spacial score (nSPS) is 10.2. The molecule has 1 N–H and O–H groups in total. The van der Waals surface area contributed by atoms with Crippen LogP contribution in [0.1, 0.15) is 13.3 Å². The standard InChI is InChI=1S/C12H13ClN4/c1-2-8-14-12-16-10(15-11(13)17-12)9-6-4-3-5-7-9/h3-7H,2,8H2,1H3,(H,14,15,16,17). The maximum Gasteiger partial charge on any atom is 0.227 e. The second-order valence-electron chi connectivity index (χ2n) is 3.54. The SMILES string of the molecule is CCCNc1nc(Cl)nc(-c2ccccc2)n1. The molecule has 0 bridgehead atoms. The first-order chi connectivity index (χ1) is 8.29. The van der Waals surface area contributed by atoms with Gasteiger partial charge in [-0.05, 0) is 18.0 Å². The zero-order valence-electron chi connectivity index (χ0n) is 9.52. The van der Waals surface area contributed by atoms with Gasteiger partial charge in [-0.3, -0.25) is 0 Å². The topological polar surface area (TPSA) is 50.7 Å². The van der Waals surface area contributed by atoms with E-state index in [-0.39, 0.29) is 5.28 Å². The van der Waals surface area contributed by atoms with Gasteiger partial charge < -0.3 is 5.32 Å². The molecule has 0 saturated carbocycles. The number of nitrogens with one attached hydrogen (secondary N) is 1. The van der Waals surface area contributed by atoms with Gasteiger partial charge in [0.25, 0.3) is 0 Å². The number of hydrogen-bond acceptors (Lipinski definition) is 4. The van der Waals surface area contributed by atoms with E-state index >= 15 is 0 Å². The summed E-state index contributed by atoms with van der Waals surface area (Å²) in [5, 5.41) is 3.30. The molecule has 2 aromatic rings. The molecule has 5 heteroatoms. The molecule has 0 saturated heterocycles. The van der Waals surface area contributed by atoms with Crippen molar-refractivity contribution >= 4 is 17.5 Å². The summed E-state index contributed by atoms with van der Waals surface area (Å²) in [7, 11) is 0. The van der Waals surface area contributed by atoms with E-state index in [2.05, 4.69) is 27.2 Å². The monoisotopic (exact) mass is 248 g/mol. The molecule has 17 heavy (non-hydrogen) atoms. The molecule has 0 radical (unpaired) electrons. The lowest BCUT2D eigenvalue weighted by Crippen LogP contribution is -2.06. The van der Waals surface area contributed by atoms with E-state index in [4.69, 9.17) is 11.6 Å². The van der Waals surface area contributed by atoms with Crippen LogP contribution < -0.4 is 5.32 Å². The summed E-state index contributed by atoms with van der Waals surface area (Å²) in [5.74, 6) is 1.11. The summed E-state index contributed by atoms with van der Waals surface area (Å²) in [6.45, 7) is 2.89. The van der Waals surface area contributed by atoms with Crippen LogP contribution in [0.4, 0.5) is 5.95 Å². The number of anilines is 1. The third-order valence-corrected chi connectivity index (χ3v) is 2.34. The average molecular weight is 249 g/mol. The molecule has 0 aliphatic carbocycles. The van der Waals surface area contributed by atoms with Crippen molar-refractivity contribution in [3.63, 3.8) is 0 Å². The third-order valence-electron chi connectivity index (χ3n) is 2.17. The first-order valence-electron chi connectivity index (χ1n) is 5.50. The first-order valence-corrected chi connectivity index (χ1v) is 5.88. The number of hydrogen-bond donors (Lipinski definition) is 1. The van der Waals surface area contributed by atoms with Gasteiger partial charge in [0.1, 0.15) is 0 Å². The van der Waals surface area contributed by atoms with Crippen LogP contribution in [0, 0.1) is 0 Å². The Morgan fingerprint density at radius 3 is 2.59 bits per heavy atom. The van der Waals surface area contributed by atoms with Crippen LogP contribution in [0.25, 0.3) is 11.4 Å². The van der Waals surface area contributed by atoms with Gasteiger partial charge in [-0.25, -0.2) is 0 Å². The lowest BCUT2D eigenvalue weighted by Gasteiger charge is -2.05. The Hall–Kier alpha value is -1.68. The lowest BCUT2D eigenvalue weighted by molar-refractivity contribution is 0.941. The molecule has 0 spiro atoms. The van der Waals surface area contributed by atoms with E-state index in [1.54, 1.807) is 0 Å².